The Morgan fingerprint density at radius 3 is 2.70 bits per heavy atom. The van der Waals surface area contributed by atoms with Gasteiger partial charge in [-0.15, -0.1) is 0 Å². The van der Waals surface area contributed by atoms with E-state index in [4.69, 9.17) is 4.42 Å². The maximum Gasteiger partial charge on any atom is 0.226 e. The fourth-order valence-corrected chi connectivity index (χ4v) is 2.75. The second kappa shape index (κ2) is 6.91. The van der Waals surface area contributed by atoms with Gasteiger partial charge in [-0.2, -0.15) is 4.37 Å². The zero-order valence-corrected chi connectivity index (χ0v) is 14.4. The lowest BCUT2D eigenvalue weighted by molar-refractivity contribution is 0.573. The highest BCUT2D eigenvalue weighted by Gasteiger charge is 2.09. The fraction of sp³-hybridized carbons (Fsp3) is 0.353. The Hall–Kier alpha value is -2.21. The van der Waals surface area contributed by atoms with Crippen LogP contribution in [0.2, 0.25) is 0 Å². The Kier molecular flexibility index (Phi) is 4.71. The van der Waals surface area contributed by atoms with Crippen molar-refractivity contribution in [2.45, 2.75) is 33.7 Å². The molecule has 0 saturated heterocycles. The first-order chi connectivity index (χ1) is 11.1. The van der Waals surface area contributed by atoms with Crippen LogP contribution in [0.1, 0.15) is 30.9 Å². The van der Waals surface area contributed by atoms with E-state index >= 15 is 0 Å². The fourth-order valence-electron chi connectivity index (χ4n) is 2.16. The molecule has 0 radical (unpaired) electrons. The molecule has 0 unspecified atom stereocenters. The van der Waals surface area contributed by atoms with Crippen molar-refractivity contribution in [2.24, 2.45) is 5.92 Å². The molecule has 3 rings (SSSR count). The molecule has 0 fully saturated rings. The summed E-state index contributed by atoms with van der Waals surface area (Å²) in [6, 6.07) is 8.13. The van der Waals surface area contributed by atoms with E-state index in [1.165, 1.54) is 17.1 Å². The molecule has 5 nitrogen and oxygen atoms in total. The number of aryl methyl sites for hydroxylation is 1. The van der Waals surface area contributed by atoms with Crippen molar-refractivity contribution in [3.63, 3.8) is 0 Å². The number of anilines is 1. The predicted octanol–water partition coefficient (Wildman–Crippen LogP) is 4.31. The Morgan fingerprint density at radius 2 is 1.96 bits per heavy atom. The van der Waals surface area contributed by atoms with E-state index in [1.807, 2.05) is 12.1 Å². The third-order valence-corrected chi connectivity index (χ3v) is 4.04. The zero-order chi connectivity index (χ0) is 16.2. The molecule has 0 saturated carbocycles. The number of nitrogens with zero attached hydrogens (tertiary/aromatic N) is 3. The van der Waals surface area contributed by atoms with Gasteiger partial charge in [0.05, 0.1) is 12.2 Å². The molecule has 0 aliphatic heterocycles. The SMILES string of the molecule is Cc1ccc(-c2nc(CNc3nc(CC(C)C)ns3)co2)cc1. The first kappa shape index (κ1) is 15.7. The summed E-state index contributed by atoms with van der Waals surface area (Å²) in [7, 11) is 0. The first-order valence-corrected chi connectivity index (χ1v) is 8.45. The van der Waals surface area contributed by atoms with Gasteiger partial charge in [-0.3, -0.25) is 0 Å². The Morgan fingerprint density at radius 1 is 1.17 bits per heavy atom. The van der Waals surface area contributed by atoms with Crippen molar-refractivity contribution in [3.05, 3.63) is 47.6 Å². The van der Waals surface area contributed by atoms with Crippen molar-refractivity contribution in [2.75, 3.05) is 5.32 Å². The first-order valence-electron chi connectivity index (χ1n) is 7.68. The molecule has 0 aliphatic rings. The van der Waals surface area contributed by atoms with E-state index in [2.05, 4.69) is 52.6 Å². The Labute approximate surface area is 140 Å². The van der Waals surface area contributed by atoms with Crippen LogP contribution in [-0.4, -0.2) is 14.3 Å². The summed E-state index contributed by atoms with van der Waals surface area (Å²) in [5.41, 5.74) is 3.05. The quantitative estimate of drug-likeness (QED) is 0.730. The molecule has 2 aromatic heterocycles. The summed E-state index contributed by atoms with van der Waals surface area (Å²) < 4.78 is 9.91. The molecule has 0 atom stereocenters. The van der Waals surface area contributed by atoms with Crippen molar-refractivity contribution in [3.8, 4) is 11.5 Å². The molecule has 2 heterocycles. The van der Waals surface area contributed by atoms with E-state index in [0.29, 0.717) is 18.4 Å². The van der Waals surface area contributed by atoms with Gasteiger partial charge in [0.25, 0.3) is 0 Å². The largest absolute Gasteiger partial charge is 0.444 e. The van der Waals surface area contributed by atoms with Crippen LogP contribution in [-0.2, 0) is 13.0 Å². The number of benzene rings is 1. The van der Waals surface area contributed by atoms with Crippen molar-refractivity contribution < 1.29 is 4.42 Å². The highest BCUT2D eigenvalue weighted by atomic mass is 32.1. The van der Waals surface area contributed by atoms with Crippen LogP contribution < -0.4 is 5.32 Å². The molecule has 3 aromatic rings. The Balaban J connectivity index is 1.61. The molecule has 6 heteroatoms. The average Bonchev–Trinajstić information content (AvgIpc) is 3.14. The molecular weight excluding hydrogens is 308 g/mol. The molecule has 0 amide bonds. The highest BCUT2D eigenvalue weighted by Crippen LogP contribution is 2.20. The standard InChI is InChI=1S/C17H20N4OS/c1-11(2)8-15-20-17(23-21-15)18-9-14-10-22-16(19-14)13-6-4-12(3)5-7-13/h4-7,10-11H,8-9H2,1-3H3,(H,18,20,21). The van der Waals surface area contributed by atoms with E-state index in [0.717, 1.165) is 28.6 Å². The molecule has 1 aromatic carbocycles. The highest BCUT2D eigenvalue weighted by molar-refractivity contribution is 7.09. The van der Waals surface area contributed by atoms with Crippen LogP contribution in [0.3, 0.4) is 0 Å². The van der Waals surface area contributed by atoms with E-state index in [-0.39, 0.29) is 0 Å². The number of rotatable bonds is 6. The third kappa shape index (κ3) is 4.16. The molecular formula is C17H20N4OS. The lowest BCUT2D eigenvalue weighted by Gasteiger charge is -1.99. The summed E-state index contributed by atoms with van der Waals surface area (Å²) in [6.07, 6.45) is 2.58. The maximum absolute atomic E-state index is 5.55. The number of nitrogens with one attached hydrogen (secondary N) is 1. The second-order valence-corrected chi connectivity index (χ2v) is 6.73. The molecule has 0 aliphatic carbocycles. The summed E-state index contributed by atoms with van der Waals surface area (Å²) in [6.45, 7) is 6.96. The number of aromatic nitrogens is 3. The Bertz CT molecular complexity index is 761. The minimum absolute atomic E-state index is 0.560. The van der Waals surface area contributed by atoms with E-state index in [9.17, 15) is 0 Å². The summed E-state index contributed by atoms with van der Waals surface area (Å²) >= 11 is 1.38. The van der Waals surface area contributed by atoms with Gasteiger partial charge in [0, 0.05) is 23.5 Å². The molecule has 0 spiro atoms. The van der Waals surface area contributed by atoms with Gasteiger partial charge in [-0.25, -0.2) is 9.97 Å². The molecule has 23 heavy (non-hydrogen) atoms. The summed E-state index contributed by atoms with van der Waals surface area (Å²) in [4.78, 5) is 8.99. The van der Waals surface area contributed by atoms with Gasteiger partial charge < -0.3 is 9.73 Å². The van der Waals surface area contributed by atoms with Crippen molar-refractivity contribution in [1.82, 2.24) is 14.3 Å². The van der Waals surface area contributed by atoms with Crippen LogP contribution in [0.4, 0.5) is 5.13 Å². The monoisotopic (exact) mass is 328 g/mol. The van der Waals surface area contributed by atoms with Crippen molar-refractivity contribution >= 4 is 16.7 Å². The van der Waals surface area contributed by atoms with E-state index < -0.39 is 0 Å². The second-order valence-electron chi connectivity index (χ2n) is 5.98. The minimum Gasteiger partial charge on any atom is -0.444 e. The van der Waals surface area contributed by atoms with Crippen LogP contribution in [0, 0.1) is 12.8 Å². The summed E-state index contributed by atoms with van der Waals surface area (Å²) in [5, 5.41) is 4.07. The van der Waals surface area contributed by atoms with E-state index in [1.54, 1.807) is 6.26 Å². The number of oxazole rings is 1. The van der Waals surface area contributed by atoms with Gasteiger partial charge in [0.2, 0.25) is 11.0 Å². The number of hydrogen-bond acceptors (Lipinski definition) is 6. The average molecular weight is 328 g/mol. The van der Waals surface area contributed by atoms with Crippen LogP contribution in [0.25, 0.3) is 11.5 Å². The van der Waals surface area contributed by atoms with Gasteiger partial charge in [-0.05, 0) is 25.0 Å². The lowest BCUT2D eigenvalue weighted by atomic mass is 10.1. The smallest absolute Gasteiger partial charge is 0.226 e. The topological polar surface area (TPSA) is 63.8 Å². The normalized spacial score (nSPS) is 11.1. The lowest BCUT2D eigenvalue weighted by Crippen LogP contribution is -2.00. The number of hydrogen-bond donors (Lipinski definition) is 1. The molecule has 1 N–H and O–H groups in total. The molecule has 120 valence electrons. The van der Waals surface area contributed by atoms with Crippen molar-refractivity contribution in [1.29, 1.82) is 0 Å². The maximum atomic E-state index is 5.55. The van der Waals surface area contributed by atoms with Crippen LogP contribution >= 0.6 is 11.5 Å². The third-order valence-electron chi connectivity index (χ3n) is 3.33. The van der Waals surface area contributed by atoms with Gasteiger partial charge >= 0.3 is 0 Å². The van der Waals surface area contributed by atoms with Gasteiger partial charge in [-0.1, -0.05) is 31.5 Å². The van der Waals surface area contributed by atoms with Crippen LogP contribution in [0.15, 0.2) is 34.9 Å². The van der Waals surface area contributed by atoms with Gasteiger partial charge in [0.15, 0.2) is 0 Å². The summed E-state index contributed by atoms with van der Waals surface area (Å²) in [5.74, 6) is 2.10. The molecule has 0 bridgehead atoms. The van der Waals surface area contributed by atoms with Crippen LogP contribution in [0.5, 0.6) is 0 Å². The predicted molar refractivity (Wildman–Crippen MR) is 92.5 cm³/mol. The zero-order valence-electron chi connectivity index (χ0n) is 13.5. The van der Waals surface area contributed by atoms with Gasteiger partial charge in [0.1, 0.15) is 12.1 Å². The minimum atomic E-state index is 0.560.